The molecule has 0 aliphatic carbocycles. The highest BCUT2D eigenvalue weighted by Gasteiger charge is 2.44. The lowest BCUT2D eigenvalue weighted by molar-refractivity contribution is -0.169. The van der Waals surface area contributed by atoms with E-state index in [1.807, 2.05) is 17.0 Å². The van der Waals surface area contributed by atoms with Crippen LogP contribution < -0.4 is 14.7 Å². The Hall–Kier alpha value is -4.51. The van der Waals surface area contributed by atoms with E-state index >= 15 is 0 Å². The first-order chi connectivity index (χ1) is 19.4. The van der Waals surface area contributed by atoms with Gasteiger partial charge >= 0.3 is 12.1 Å². The van der Waals surface area contributed by atoms with Crippen LogP contribution >= 0.6 is 0 Å². The number of carbonyl (C=O) groups excluding carboxylic acids is 1. The van der Waals surface area contributed by atoms with E-state index in [2.05, 4.69) is 9.88 Å². The molecule has 6 rings (SSSR count). The molecule has 0 spiro atoms. The van der Waals surface area contributed by atoms with Crippen molar-refractivity contribution in [2.75, 3.05) is 47.5 Å². The third kappa shape index (κ3) is 4.95. The predicted molar refractivity (Wildman–Crippen MR) is 145 cm³/mol. The largest absolute Gasteiger partial charge is 0.472 e. The molecule has 11 heteroatoms. The van der Waals surface area contributed by atoms with E-state index in [4.69, 9.17) is 14.7 Å². The monoisotopic (exact) mass is 546 g/mol. The average molecular weight is 547 g/mol. The number of pyridine rings is 1. The molecule has 1 fully saturated rings. The molecule has 2 aliphatic heterocycles. The molecule has 2 aromatic heterocycles. The molecule has 0 saturated carbocycles. The summed E-state index contributed by atoms with van der Waals surface area (Å²) in [5, 5.41) is 0. The molecule has 0 atom stereocenters. The fraction of sp³-hybridized carbons (Fsp3) is 0.241. The molecule has 40 heavy (non-hydrogen) atoms. The number of rotatable bonds is 5. The zero-order chi connectivity index (χ0) is 27.7. The number of ether oxygens (including phenoxy) is 1. The molecule has 1 saturated heterocycles. The van der Waals surface area contributed by atoms with Crippen LogP contribution in [0.4, 0.5) is 42.0 Å². The predicted octanol–water partition coefficient (Wildman–Crippen LogP) is 5.30. The number of amides is 1. The third-order valence-corrected chi connectivity index (χ3v) is 6.92. The Balaban J connectivity index is 1.48. The van der Waals surface area contributed by atoms with Crippen molar-refractivity contribution in [3.05, 3.63) is 84.7 Å². The number of nitrogens with zero attached hydrogens (tertiary/aromatic N) is 6. The zero-order valence-electron chi connectivity index (χ0n) is 21.4. The molecule has 0 unspecified atom stereocenters. The zero-order valence-corrected chi connectivity index (χ0v) is 21.4. The van der Waals surface area contributed by atoms with Crippen LogP contribution in [0, 0.1) is 0 Å². The van der Waals surface area contributed by atoms with Crippen LogP contribution in [0.1, 0.15) is 5.56 Å². The lowest BCUT2D eigenvalue weighted by Gasteiger charge is -2.28. The van der Waals surface area contributed by atoms with Gasteiger partial charge < -0.3 is 14.5 Å². The SMILES string of the molecule is O=C(N(c1ccccc1)c1cccc(-c2nc(N3CCOCC3)nc3c2CCN3c2ccncc2)c1)C(F)(F)F. The number of anilines is 5. The molecule has 4 aromatic rings. The molecule has 8 nitrogen and oxygen atoms in total. The van der Waals surface area contributed by atoms with Crippen molar-refractivity contribution in [1.82, 2.24) is 15.0 Å². The number of hydrogen-bond donors (Lipinski definition) is 0. The lowest BCUT2D eigenvalue weighted by Crippen LogP contribution is -2.38. The third-order valence-electron chi connectivity index (χ3n) is 6.92. The van der Waals surface area contributed by atoms with E-state index in [1.54, 1.807) is 48.8 Å². The Kier molecular flexibility index (Phi) is 6.81. The molecule has 0 bridgehead atoms. The molecule has 0 N–H and O–H groups in total. The number of aromatic nitrogens is 3. The first-order valence-corrected chi connectivity index (χ1v) is 12.9. The first-order valence-electron chi connectivity index (χ1n) is 12.9. The van der Waals surface area contributed by atoms with Crippen molar-refractivity contribution in [3.63, 3.8) is 0 Å². The van der Waals surface area contributed by atoms with E-state index in [0.29, 0.717) is 61.4 Å². The number of alkyl halides is 3. The van der Waals surface area contributed by atoms with E-state index in [1.165, 1.54) is 18.2 Å². The summed E-state index contributed by atoms with van der Waals surface area (Å²) in [6, 6.07) is 18.1. The van der Waals surface area contributed by atoms with Gasteiger partial charge in [-0.1, -0.05) is 30.3 Å². The van der Waals surface area contributed by atoms with Gasteiger partial charge in [-0.3, -0.25) is 14.7 Å². The average Bonchev–Trinajstić information content (AvgIpc) is 3.42. The second-order valence-corrected chi connectivity index (χ2v) is 9.41. The van der Waals surface area contributed by atoms with Gasteiger partial charge in [-0.2, -0.15) is 18.2 Å². The number of benzene rings is 2. The van der Waals surface area contributed by atoms with Gasteiger partial charge in [-0.05, 0) is 42.8 Å². The molecular formula is C29H25F3N6O2. The first kappa shape index (κ1) is 25.8. The summed E-state index contributed by atoms with van der Waals surface area (Å²) < 4.78 is 46.6. The number of carbonyl (C=O) groups is 1. The minimum Gasteiger partial charge on any atom is -0.378 e. The van der Waals surface area contributed by atoms with Gasteiger partial charge in [-0.15, -0.1) is 0 Å². The Bertz CT molecular complexity index is 1510. The summed E-state index contributed by atoms with van der Waals surface area (Å²) in [5.74, 6) is -0.703. The van der Waals surface area contributed by atoms with Gasteiger partial charge in [0.15, 0.2) is 0 Å². The van der Waals surface area contributed by atoms with Crippen LogP contribution in [0.3, 0.4) is 0 Å². The molecule has 2 aliphatic rings. The molecule has 204 valence electrons. The van der Waals surface area contributed by atoms with Crippen molar-refractivity contribution in [2.24, 2.45) is 0 Å². The highest BCUT2D eigenvalue weighted by molar-refractivity contribution is 6.04. The van der Waals surface area contributed by atoms with Crippen molar-refractivity contribution < 1.29 is 22.7 Å². The van der Waals surface area contributed by atoms with Crippen molar-refractivity contribution >= 4 is 34.7 Å². The quantitative estimate of drug-likeness (QED) is 0.337. The summed E-state index contributed by atoms with van der Waals surface area (Å²) in [7, 11) is 0. The van der Waals surface area contributed by atoms with Crippen molar-refractivity contribution in [1.29, 1.82) is 0 Å². The van der Waals surface area contributed by atoms with Crippen molar-refractivity contribution in [2.45, 2.75) is 12.6 Å². The second-order valence-electron chi connectivity index (χ2n) is 9.41. The van der Waals surface area contributed by atoms with Gasteiger partial charge in [-0.25, -0.2) is 4.98 Å². The molecule has 4 heterocycles. The topological polar surface area (TPSA) is 74.7 Å². The summed E-state index contributed by atoms with van der Waals surface area (Å²) >= 11 is 0. The van der Waals surface area contributed by atoms with E-state index in [9.17, 15) is 18.0 Å². The summed E-state index contributed by atoms with van der Waals surface area (Å²) in [6.45, 7) is 3.00. The minimum absolute atomic E-state index is 0.0929. The minimum atomic E-state index is -5.06. The fourth-order valence-corrected chi connectivity index (χ4v) is 5.04. The molecular weight excluding hydrogens is 521 g/mol. The number of fused-ring (bicyclic) bond motifs is 1. The lowest BCUT2D eigenvalue weighted by atomic mass is 10.0. The van der Waals surface area contributed by atoms with Crippen LogP contribution in [-0.4, -0.2) is 59.9 Å². The maximum absolute atomic E-state index is 13.7. The van der Waals surface area contributed by atoms with Gasteiger partial charge in [0.05, 0.1) is 18.9 Å². The standard InChI is InChI=1S/C29H25F3N6O2/c30-29(31,32)27(39)38(22-6-2-1-3-7-22)23-8-4-5-20(19-23)25-24-11-14-37(21-9-12-33-13-10-21)26(24)35-28(34-25)36-15-17-40-18-16-36/h1-10,12-13,19H,11,14-18H2. The Morgan fingerprint density at radius 1 is 0.875 bits per heavy atom. The Morgan fingerprint density at radius 3 is 2.33 bits per heavy atom. The van der Waals surface area contributed by atoms with E-state index in [0.717, 1.165) is 17.1 Å². The highest BCUT2D eigenvalue weighted by atomic mass is 19.4. The number of morpholine rings is 1. The second kappa shape index (κ2) is 10.6. The fourth-order valence-electron chi connectivity index (χ4n) is 5.04. The normalized spacial score (nSPS) is 15.2. The van der Waals surface area contributed by atoms with Crippen LogP contribution in [-0.2, 0) is 16.0 Å². The van der Waals surface area contributed by atoms with E-state index < -0.39 is 12.1 Å². The van der Waals surface area contributed by atoms with Crippen molar-refractivity contribution in [3.8, 4) is 11.3 Å². The highest BCUT2D eigenvalue weighted by Crippen LogP contribution is 2.40. The smallest absolute Gasteiger partial charge is 0.378 e. The summed E-state index contributed by atoms with van der Waals surface area (Å²) in [4.78, 5) is 31.4. The Labute approximate surface area is 228 Å². The number of hydrogen-bond acceptors (Lipinski definition) is 7. The van der Waals surface area contributed by atoms with Gasteiger partial charge in [0, 0.05) is 60.2 Å². The molecule has 1 amide bonds. The summed E-state index contributed by atoms with van der Waals surface area (Å²) in [6.07, 6.45) is -0.976. The van der Waals surface area contributed by atoms with E-state index in [-0.39, 0.29) is 11.4 Å². The summed E-state index contributed by atoms with van der Waals surface area (Å²) in [5.41, 5.74) is 3.25. The molecule has 2 aromatic carbocycles. The maximum Gasteiger partial charge on any atom is 0.472 e. The van der Waals surface area contributed by atoms with Crippen LogP contribution in [0.25, 0.3) is 11.3 Å². The molecule has 0 radical (unpaired) electrons. The van der Waals surface area contributed by atoms with Gasteiger partial charge in [0.1, 0.15) is 5.82 Å². The van der Waals surface area contributed by atoms with Crippen LogP contribution in [0.2, 0.25) is 0 Å². The van der Waals surface area contributed by atoms with Gasteiger partial charge in [0.2, 0.25) is 5.95 Å². The number of halogens is 3. The van der Waals surface area contributed by atoms with Crippen LogP contribution in [0.5, 0.6) is 0 Å². The van der Waals surface area contributed by atoms with Crippen LogP contribution in [0.15, 0.2) is 79.1 Å². The van der Waals surface area contributed by atoms with Gasteiger partial charge in [0.25, 0.3) is 0 Å². The maximum atomic E-state index is 13.7. The Morgan fingerprint density at radius 2 is 1.60 bits per heavy atom. The number of para-hydroxylation sites is 1.